The summed E-state index contributed by atoms with van der Waals surface area (Å²) in [4.78, 5) is 4.27. The SMILES string of the molecule is CC(Nc1cc(Cl)ccc1C#N)c1ccccn1. The maximum atomic E-state index is 9.04. The van der Waals surface area contributed by atoms with Gasteiger partial charge in [0, 0.05) is 11.2 Å². The molecule has 1 unspecified atom stereocenters. The number of pyridine rings is 1. The minimum absolute atomic E-state index is 0.0109. The fourth-order valence-electron chi connectivity index (χ4n) is 1.67. The van der Waals surface area contributed by atoms with E-state index in [9.17, 15) is 0 Å². The van der Waals surface area contributed by atoms with Crippen LogP contribution in [0.1, 0.15) is 24.2 Å². The fraction of sp³-hybridized carbons (Fsp3) is 0.143. The van der Waals surface area contributed by atoms with Gasteiger partial charge in [-0.05, 0) is 37.3 Å². The molecule has 0 aliphatic rings. The van der Waals surface area contributed by atoms with Gasteiger partial charge < -0.3 is 5.32 Å². The quantitative estimate of drug-likeness (QED) is 0.910. The Morgan fingerprint density at radius 1 is 1.33 bits per heavy atom. The number of benzene rings is 1. The molecule has 0 fully saturated rings. The summed E-state index contributed by atoms with van der Waals surface area (Å²) in [5, 5.41) is 12.9. The highest BCUT2D eigenvalue weighted by molar-refractivity contribution is 6.30. The van der Waals surface area contributed by atoms with Gasteiger partial charge >= 0.3 is 0 Å². The van der Waals surface area contributed by atoms with Gasteiger partial charge in [0.2, 0.25) is 0 Å². The molecule has 1 aromatic heterocycles. The van der Waals surface area contributed by atoms with E-state index >= 15 is 0 Å². The van der Waals surface area contributed by atoms with Crippen LogP contribution in [-0.4, -0.2) is 4.98 Å². The van der Waals surface area contributed by atoms with Crippen LogP contribution in [0.2, 0.25) is 5.02 Å². The highest BCUT2D eigenvalue weighted by atomic mass is 35.5. The van der Waals surface area contributed by atoms with Crippen molar-refractivity contribution < 1.29 is 0 Å². The van der Waals surface area contributed by atoms with E-state index in [4.69, 9.17) is 16.9 Å². The smallest absolute Gasteiger partial charge is 0.101 e. The molecule has 1 atom stereocenters. The van der Waals surface area contributed by atoms with Gasteiger partial charge in [-0.2, -0.15) is 5.26 Å². The van der Waals surface area contributed by atoms with Crippen LogP contribution in [0.3, 0.4) is 0 Å². The van der Waals surface area contributed by atoms with Crippen LogP contribution in [0.25, 0.3) is 0 Å². The van der Waals surface area contributed by atoms with Gasteiger partial charge in [-0.15, -0.1) is 0 Å². The Balaban J connectivity index is 2.24. The van der Waals surface area contributed by atoms with Gasteiger partial charge in [0.05, 0.1) is 23.0 Å². The molecule has 0 aliphatic carbocycles. The van der Waals surface area contributed by atoms with Crippen molar-refractivity contribution in [1.29, 1.82) is 5.26 Å². The fourth-order valence-corrected chi connectivity index (χ4v) is 1.84. The zero-order chi connectivity index (χ0) is 13.0. The van der Waals surface area contributed by atoms with Gasteiger partial charge in [0.1, 0.15) is 6.07 Å². The van der Waals surface area contributed by atoms with Crippen LogP contribution in [-0.2, 0) is 0 Å². The molecule has 1 N–H and O–H groups in total. The Morgan fingerprint density at radius 3 is 2.83 bits per heavy atom. The number of anilines is 1. The molecule has 0 bridgehead atoms. The second-order valence-electron chi connectivity index (χ2n) is 3.92. The Hall–Kier alpha value is -2.05. The first-order valence-electron chi connectivity index (χ1n) is 5.58. The number of nitrogens with zero attached hydrogens (tertiary/aromatic N) is 2. The number of hydrogen-bond acceptors (Lipinski definition) is 3. The topological polar surface area (TPSA) is 48.7 Å². The third-order valence-electron chi connectivity index (χ3n) is 2.61. The van der Waals surface area contributed by atoms with Crippen LogP contribution in [0, 0.1) is 11.3 Å². The van der Waals surface area contributed by atoms with Crippen molar-refractivity contribution >= 4 is 17.3 Å². The van der Waals surface area contributed by atoms with E-state index < -0.39 is 0 Å². The minimum atomic E-state index is 0.0109. The largest absolute Gasteiger partial charge is 0.376 e. The van der Waals surface area contributed by atoms with E-state index in [1.807, 2.05) is 25.1 Å². The predicted molar refractivity (Wildman–Crippen MR) is 72.4 cm³/mol. The molecule has 1 heterocycles. The summed E-state index contributed by atoms with van der Waals surface area (Å²) in [5.41, 5.74) is 2.21. The number of rotatable bonds is 3. The molecule has 0 spiro atoms. The summed E-state index contributed by atoms with van der Waals surface area (Å²) in [7, 11) is 0. The van der Waals surface area contributed by atoms with Crippen molar-refractivity contribution in [2.75, 3.05) is 5.32 Å². The summed E-state index contributed by atoms with van der Waals surface area (Å²) in [6.45, 7) is 1.99. The first kappa shape index (κ1) is 12.4. The predicted octanol–water partition coefficient (Wildman–Crippen LogP) is 3.78. The van der Waals surface area contributed by atoms with Crippen LogP contribution in [0.4, 0.5) is 5.69 Å². The first-order valence-corrected chi connectivity index (χ1v) is 5.95. The molecular formula is C14H12ClN3. The van der Waals surface area contributed by atoms with Crippen molar-refractivity contribution in [1.82, 2.24) is 4.98 Å². The molecule has 18 heavy (non-hydrogen) atoms. The zero-order valence-electron chi connectivity index (χ0n) is 9.89. The lowest BCUT2D eigenvalue weighted by atomic mass is 10.1. The molecule has 90 valence electrons. The van der Waals surface area contributed by atoms with Gasteiger partial charge in [-0.1, -0.05) is 17.7 Å². The summed E-state index contributed by atoms with van der Waals surface area (Å²) in [6, 6.07) is 13.1. The standard InChI is InChI=1S/C14H12ClN3/c1-10(13-4-2-3-7-17-13)18-14-8-12(15)6-5-11(14)9-16/h2-8,10,18H,1H3. The van der Waals surface area contributed by atoms with Gasteiger partial charge in [-0.3, -0.25) is 4.98 Å². The molecule has 0 saturated carbocycles. The van der Waals surface area contributed by atoms with Crippen molar-refractivity contribution in [3.63, 3.8) is 0 Å². The van der Waals surface area contributed by atoms with Crippen LogP contribution in [0.15, 0.2) is 42.6 Å². The third-order valence-corrected chi connectivity index (χ3v) is 2.84. The number of aromatic nitrogens is 1. The number of nitrogens with one attached hydrogen (secondary N) is 1. The van der Waals surface area contributed by atoms with Crippen LogP contribution in [0.5, 0.6) is 0 Å². The number of hydrogen-bond donors (Lipinski definition) is 1. The lowest BCUT2D eigenvalue weighted by molar-refractivity contribution is 0.839. The van der Waals surface area contributed by atoms with E-state index in [1.54, 1.807) is 24.4 Å². The van der Waals surface area contributed by atoms with Gasteiger partial charge in [0.25, 0.3) is 0 Å². The highest BCUT2D eigenvalue weighted by Crippen LogP contribution is 2.24. The van der Waals surface area contributed by atoms with Crippen molar-refractivity contribution in [2.45, 2.75) is 13.0 Å². The summed E-state index contributed by atoms with van der Waals surface area (Å²) in [5.74, 6) is 0. The maximum Gasteiger partial charge on any atom is 0.101 e. The first-order chi connectivity index (χ1) is 8.70. The van der Waals surface area contributed by atoms with Crippen LogP contribution < -0.4 is 5.32 Å². The Bertz CT molecular complexity index is 575. The van der Waals surface area contributed by atoms with E-state index in [0.29, 0.717) is 10.6 Å². The van der Waals surface area contributed by atoms with Crippen molar-refractivity contribution in [2.24, 2.45) is 0 Å². The second kappa shape index (κ2) is 5.52. The van der Waals surface area contributed by atoms with E-state index in [0.717, 1.165) is 11.4 Å². The highest BCUT2D eigenvalue weighted by Gasteiger charge is 2.09. The molecule has 0 radical (unpaired) electrons. The van der Waals surface area contributed by atoms with E-state index in [-0.39, 0.29) is 6.04 Å². The average molecular weight is 258 g/mol. The van der Waals surface area contributed by atoms with Crippen molar-refractivity contribution in [3.8, 4) is 6.07 Å². The molecule has 4 heteroatoms. The summed E-state index contributed by atoms with van der Waals surface area (Å²) < 4.78 is 0. The number of nitriles is 1. The molecule has 3 nitrogen and oxygen atoms in total. The zero-order valence-corrected chi connectivity index (χ0v) is 10.6. The average Bonchev–Trinajstić information content (AvgIpc) is 2.40. The normalized spacial score (nSPS) is 11.6. The molecule has 0 aliphatic heterocycles. The molecule has 2 aromatic rings. The van der Waals surface area contributed by atoms with Gasteiger partial charge in [0.15, 0.2) is 0 Å². The maximum absolute atomic E-state index is 9.04. The van der Waals surface area contributed by atoms with Crippen LogP contribution >= 0.6 is 11.6 Å². The van der Waals surface area contributed by atoms with Gasteiger partial charge in [-0.25, -0.2) is 0 Å². The molecule has 0 amide bonds. The number of halogens is 1. The third kappa shape index (κ3) is 2.79. The van der Waals surface area contributed by atoms with Crippen molar-refractivity contribution in [3.05, 3.63) is 58.9 Å². The minimum Gasteiger partial charge on any atom is -0.376 e. The summed E-state index contributed by atoms with van der Waals surface area (Å²) >= 11 is 5.94. The Labute approximate surface area is 111 Å². The Kier molecular flexibility index (Phi) is 3.81. The summed E-state index contributed by atoms with van der Waals surface area (Å²) in [6.07, 6.45) is 1.75. The molecule has 1 aromatic carbocycles. The monoisotopic (exact) mass is 257 g/mol. The molecule has 2 rings (SSSR count). The lowest BCUT2D eigenvalue weighted by Gasteiger charge is -2.15. The molecule has 0 saturated heterocycles. The van der Waals surface area contributed by atoms with E-state index in [2.05, 4.69) is 16.4 Å². The molecular weight excluding hydrogens is 246 g/mol. The Morgan fingerprint density at radius 2 is 2.17 bits per heavy atom. The second-order valence-corrected chi connectivity index (χ2v) is 4.36. The van der Waals surface area contributed by atoms with E-state index in [1.165, 1.54) is 0 Å². The lowest BCUT2D eigenvalue weighted by Crippen LogP contribution is -2.09.